The van der Waals surface area contributed by atoms with Gasteiger partial charge in [0.2, 0.25) is 0 Å². The number of fused-ring (bicyclic) bond motifs is 2. The molecule has 1 unspecified atom stereocenters. The van der Waals surface area contributed by atoms with Gasteiger partial charge in [-0.3, -0.25) is 9.88 Å². The van der Waals surface area contributed by atoms with Crippen LogP contribution in [0.1, 0.15) is 53.2 Å². The molecule has 2 aromatic heterocycles. The van der Waals surface area contributed by atoms with E-state index < -0.39 is 0 Å². The standard InChI is InChI=1S/C20H26N4O2/c1-13-18(26)17(16(11-25)9-21-13)10-24-7-3-5-20(12-24)6-4-15-8-22-14(2)23-19(15)20/h8-9,25-26H,3-7,10-12H2,1-2H3. The largest absolute Gasteiger partial charge is 0.506 e. The van der Waals surface area contributed by atoms with Crippen molar-refractivity contribution < 1.29 is 10.2 Å². The highest BCUT2D eigenvalue weighted by Crippen LogP contribution is 2.44. The van der Waals surface area contributed by atoms with Gasteiger partial charge in [-0.25, -0.2) is 9.97 Å². The molecule has 2 N–H and O–H groups in total. The normalized spacial score (nSPS) is 22.7. The van der Waals surface area contributed by atoms with Crippen LogP contribution in [0.3, 0.4) is 0 Å². The zero-order valence-electron chi connectivity index (χ0n) is 15.5. The van der Waals surface area contributed by atoms with E-state index >= 15 is 0 Å². The summed E-state index contributed by atoms with van der Waals surface area (Å²) < 4.78 is 0. The monoisotopic (exact) mass is 354 g/mol. The van der Waals surface area contributed by atoms with E-state index in [2.05, 4.69) is 14.9 Å². The Balaban J connectivity index is 1.62. The summed E-state index contributed by atoms with van der Waals surface area (Å²) >= 11 is 0. The lowest BCUT2D eigenvalue weighted by Gasteiger charge is -2.41. The molecule has 2 aliphatic rings. The van der Waals surface area contributed by atoms with E-state index in [1.54, 1.807) is 13.1 Å². The van der Waals surface area contributed by atoms with E-state index in [0.29, 0.717) is 17.8 Å². The lowest BCUT2D eigenvalue weighted by atomic mass is 9.77. The third-order valence-corrected chi connectivity index (χ3v) is 6.00. The molecular weight excluding hydrogens is 328 g/mol. The smallest absolute Gasteiger partial charge is 0.141 e. The van der Waals surface area contributed by atoms with Crippen LogP contribution in [0.2, 0.25) is 0 Å². The first-order chi connectivity index (χ1) is 12.5. The van der Waals surface area contributed by atoms with Crippen molar-refractivity contribution >= 4 is 0 Å². The summed E-state index contributed by atoms with van der Waals surface area (Å²) in [7, 11) is 0. The number of piperidine rings is 1. The molecule has 1 saturated heterocycles. The Morgan fingerprint density at radius 3 is 2.85 bits per heavy atom. The van der Waals surface area contributed by atoms with E-state index in [1.165, 1.54) is 11.3 Å². The number of aliphatic hydroxyl groups is 1. The van der Waals surface area contributed by atoms with Crippen molar-refractivity contribution in [2.24, 2.45) is 0 Å². The first-order valence-electron chi connectivity index (χ1n) is 9.35. The highest BCUT2D eigenvalue weighted by molar-refractivity contribution is 5.41. The Labute approximate surface area is 153 Å². The second-order valence-corrected chi connectivity index (χ2v) is 7.74. The summed E-state index contributed by atoms with van der Waals surface area (Å²) in [6.07, 6.45) is 8.10. The van der Waals surface area contributed by atoms with Crippen LogP contribution in [0, 0.1) is 13.8 Å². The Bertz CT molecular complexity index is 835. The van der Waals surface area contributed by atoms with Crippen LogP contribution >= 0.6 is 0 Å². The highest BCUT2D eigenvalue weighted by atomic mass is 16.3. The maximum atomic E-state index is 10.5. The zero-order valence-corrected chi connectivity index (χ0v) is 15.5. The van der Waals surface area contributed by atoms with Crippen molar-refractivity contribution in [2.75, 3.05) is 13.1 Å². The number of likely N-dealkylation sites (tertiary alicyclic amines) is 1. The Kier molecular flexibility index (Phi) is 4.40. The fourth-order valence-corrected chi connectivity index (χ4v) is 4.61. The third-order valence-electron chi connectivity index (χ3n) is 6.00. The van der Waals surface area contributed by atoms with Gasteiger partial charge in [0.25, 0.3) is 0 Å². The minimum Gasteiger partial charge on any atom is -0.506 e. The van der Waals surface area contributed by atoms with E-state index in [9.17, 15) is 10.2 Å². The lowest BCUT2D eigenvalue weighted by molar-refractivity contribution is 0.134. The number of rotatable bonds is 3. The predicted molar refractivity (Wildman–Crippen MR) is 97.8 cm³/mol. The molecule has 1 spiro atoms. The van der Waals surface area contributed by atoms with Crippen LogP contribution in [0.4, 0.5) is 0 Å². The SMILES string of the molecule is Cc1ncc2c(n1)C1(CCCN(Cc3c(CO)cnc(C)c3O)C1)CC2. The Morgan fingerprint density at radius 1 is 1.19 bits per heavy atom. The molecule has 0 amide bonds. The quantitative estimate of drug-likeness (QED) is 0.879. The topological polar surface area (TPSA) is 82.4 Å². The number of aromatic nitrogens is 3. The van der Waals surface area contributed by atoms with Crippen LogP contribution < -0.4 is 0 Å². The molecule has 1 aliphatic heterocycles. The number of hydrogen-bond donors (Lipinski definition) is 2. The molecule has 0 radical (unpaired) electrons. The predicted octanol–water partition coefficient (Wildman–Crippen LogP) is 2.17. The molecular formula is C20H26N4O2. The number of aromatic hydroxyl groups is 1. The van der Waals surface area contributed by atoms with Gasteiger partial charge in [0.05, 0.1) is 18.0 Å². The van der Waals surface area contributed by atoms with Crippen molar-refractivity contribution in [3.05, 3.63) is 46.3 Å². The van der Waals surface area contributed by atoms with Crippen molar-refractivity contribution in [3.8, 4) is 5.75 Å². The van der Waals surface area contributed by atoms with Gasteiger partial charge >= 0.3 is 0 Å². The highest BCUT2D eigenvalue weighted by Gasteiger charge is 2.43. The maximum absolute atomic E-state index is 10.5. The van der Waals surface area contributed by atoms with Crippen LogP contribution in [0.15, 0.2) is 12.4 Å². The summed E-state index contributed by atoms with van der Waals surface area (Å²) in [5, 5.41) is 20.1. The lowest BCUT2D eigenvalue weighted by Crippen LogP contribution is -2.45. The van der Waals surface area contributed by atoms with Crippen molar-refractivity contribution in [1.29, 1.82) is 0 Å². The summed E-state index contributed by atoms with van der Waals surface area (Å²) in [6, 6.07) is 0. The summed E-state index contributed by atoms with van der Waals surface area (Å²) in [5.74, 6) is 1.05. The van der Waals surface area contributed by atoms with E-state index in [-0.39, 0.29) is 17.8 Å². The van der Waals surface area contributed by atoms with Crippen molar-refractivity contribution in [1.82, 2.24) is 19.9 Å². The Morgan fingerprint density at radius 2 is 2.04 bits per heavy atom. The van der Waals surface area contributed by atoms with E-state index in [0.717, 1.165) is 50.2 Å². The van der Waals surface area contributed by atoms with Gasteiger partial charge < -0.3 is 10.2 Å². The molecule has 4 rings (SSSR count). The second kappa shape index (κ2) is 6.59. The molecule has 3 heterocycles. The number of aryl methyl sites for hydroxylation is 3. The molecule has 26 heavy (non-hydrogen) atoms. The number of nitrogens with zero attached hydrogens (tertiary/aromatic N) is 4. The molecule has 0 saturated carbocycles. The van der Waals surface area contributed by atoms with Crippen LogP contribution in [-0.2, 0) is 25.0 Å². The van der Waals surface area contributed by atoms with E-state index in [1.807, 2.05) is 13.1 Å². The number of aliphatic hydroxyl groups excluding tert-OH is 1. The molecule has 6 heteroatoms. The summed E-state index contributed by atoms with van der Waals surface area (Å²) in [6.45, 7) is 6.20. The average Bonchev–Trinajstić information content (AvgIpc) is 2.97. The summed E-state index contributed by atoms with van der Waals surface area (Å²) in [4.78, 5) is 15.7. The van der Waals surface area contributed by atoms with E-state index in [4.69, 9.17) is 4.98 Å². The van der Waals surface area contributed by atoms with Gasteiger partial charge in [-0.15, -0.1) is 0 Å². The van der Waals surface area contributed by atoms with Crippen LogP contribution in [0.5, 0.6) is 5.75 Å². The zero-order chi connectivity index (χ0) is 18.3. The number of hydrogen-bond acceptors (Lipinski definition) is 6. The van der Waals surface area contributed by atoms with Crippen molar-refractivity contribution in [3.63, 3.8) is 0 Å². The van der Waals surface area contributed by atoms with Gasteiger partial charge in [0.15, 0.2) is 0 Å². The van der Waals surface area contributed by atoms with Crippen molar-refractivity contribution in [2.45, 2.75) is 58.1 Å². The first kappa shape index (κ1) is 17.4. The maximum Gasteiger partial charge on any atom is 0.141 e. The third kappa shape index (κ3) is 2.87. The van der Waals surface area contributed by atoms with Gasteiger partial charge in [-0.05, 0) is 51.6 Å². The minimum absolute atomic E-state index is 0.0956. The first-order valence-corrected chi connectivity index (χ1v) is 9.35. The molecule has 6 nitrogen and oxygen atoms in total. The molecule has 1 fully saturated rings. The second-order valence-electron chi connectivity index (χ2n) is 7.74. The fraction of sp³-hybridized carbons (Fsp3) is 0.550. The average molecular weight is 354 g/mol. The van der Waals surface area contributed by atoms with Crippen LogP contribution in [0.25, 0.3) is 0 Å². The molecule has 138 valence electrons. The fourth-order valence-electron chi connectivity index (χ4n) is 4.61. The molecule has 1 atom stereocenters. The summed E-state index contributed by atoms with van der Waals surface area (Å²) in [5.41, 5.74) is 4.73. The van der Waals surface area contributed by atoms with Crippen LogP contribution in [-0.4, -0.2) is 43.2 Å². The molecule has 0 bridgehead atoms. The molecule has 0 aromatic carbocycles. The molecule has 2 aromatic rings. The minimum atomic E-state index is -0.107. The number of pyridine rings is 1. The molecule has 1 aliphatic carbocycles. The van der Waals surface area contributed by atoms with Gasteiger partial charge in [-0.2, -0.15) is 0 Å². The van der Waals surface area contributed by atoms with Gasteiger partial charge in [-0.1, -0.05) is 0 Å². The Hall–Kier alpha value is -2.05. The van der Waals surface area contributed by atoms with Gasteiger partial charge in [0.1, 0.15) is 11.6 Å². The van der Waals surface area contributed by atoms with Gasteiger partial charge in [0, 0.05) is 42.0 Å².